The summed E-state index contributed by atoms with van der Waals surface area (Å²) in [5.41, 5.74) is 0.657. The second kappa shape index (κ2) is 2.58. The zero-order valence-corrected chi connectivity index (χ0v) is 5.37. The zero-order valence-electron chi connectivity index (χ0n) is 5.37. The molecule has 1 atom stereocenters. The maximum Gasteiger partial charge on any atom is 0.164 e. The molecule has 0 aliphatic carbocycles. The van der Waals surface area contributed by atoms with E-state index < -0.39 is 0 Å². The Kier molecular flexibility index (Phi) is 1.78. The molecule has 0 aromatic heterocycles. The average molecular weight is 123 g/mol. The summed E-state index contributed by atoms with van der Waals surface area (Å²) in [6, 6.07) is 0.193. The number of allylic oxidation sites excluding steroid dienone is 1. The molecule has 1 unspecified atom stereocenters. The van der Waals surface area contributed by atoms with Gasteiger partial charge in [-0.15, -0.1) is 0 Å². The maximum atomic E-state index is 10.1. The second-order valence-electron chi connectivity index (χ2n) is 2.11. The van der Waals surface area contributed by atoms with Crippen molar-refractivity contribution in [3.8, 4) is 0 Å². The van der Waals surface area contributed by atoms with Crippen LogP contribution in [0.5, 0.6) is 0 Å². The summed E-state index contributed by atoms with van der Waals surface area (Å²) in [6.07, 6.45) is 5.49. The van der Waals surface area contributed by atoms with E-state index >= 15 is 0 Å². The molecule has 1 rings (SSSR count). The molecule has 0 fully saturated rings. The minimum Gasteiger partial charge on any atom is -0.297 e. The van der Waals surface area contributed by atoms with Gasteiger partial charge in [0.25, 0.3) is 0 Å². The molecule has 0 aromatic carbocycles. The molecule has 48 valence electrons. The van der Waals surface area contributed by atoms with Crippen LogP contribution in [0.25, 0.3) is 0 Å². The number of aliphatic imine (C=N–C) groups is 1. The summed E-state index contributed by atoms with van der Waals surface area (Å²) in [4.78, 5) is 14.2. The van der Waals surface area contributed by atoms with Crippen molar-refractivity contribution in [1.29, 1.82) is 0 Å². The molecular weight excluding hydrogens is 114 g/mol. The first-order valence-electron chi connectivity index (χ1n) is 3.01. The highest BCUT2D eigenvalue weighted by atomic mass is 16.1. The molecule has 0 radical (unpaired) electrons. The van der Waals surface area contributed by atoms with Gasteiger partial charge in [-0.1, -0.05) is 12.2 Å². The number of nitrogens with zero attached hydrogens (tertiary/aromatic N) is 1. The number of carbonyl (C=O) groups is 1. The standard InChI is InChI=1S/C7H9NO/c1-6-3-2-4-7(5-9)8-6/h2-3,5-6H,4H2,1H3. The Labute approximate surface area is 54.3 Å². The molecule has 2 heteroatoms. The molecule has 1 aliphatic heterocycles. The third-order valence-corrected chi connectivity index (χ3v) is 1.25. The van der Waals surface area contributed by atoms with Crippen LogP contribution in [0.15, 0.2) is 17.1 Å². The van der Waals surface area contributed by atoms with Gasteiger partial charge in [0.1, 0.15) is 0 Å². The number of rotatable bonds is 1. The first-order chi connectivity index (χ1) is 4.33. The predicted octanol–water partition coefficient (Wildman–Crippen LogP) is 0.975. The van der Waals surface area contributed by atoms with Gasteiger partial charge in [-0.25, -0.2) is 0 Å². The lowest BCUT2D eigenvalue weighted by Gasteiger charge is -2.05. The Morgan fingerprint density at radius 2 is 2.67 bits per heavy atom. The van der Waals surface area contributed by atoms with Crippen LogP contribution in [0.2, 0.25) is 0 Å². The molecule has 0 N–H and O–H groups in total. The minimum absolute atomic E-state index is 0.193. The van der Waals surface area contributed by atoms with Gasteiger partial charge in [-0.05, 0) is 6.92 Å². The highest BCUT2D eigenvalue weighted by molar-refractivity contribution is 6.29. The first kappa shape index (κ1) is 6.20. The molecule has 0 aromatic rings. The summed E-state index contributed by atoms with van der Waals surface area (Å²) in [6.45, 7) is 1.96. The monoisotopic (exact) mass is 123 g/mol. The van der Waals surface area contributed by atoms with Crippen molar-refractivity contribution in [3.05, 3.63) is 12.2 Å². The molecule has 0 saturated carbocycles. The van der Waals surface area contributed by atoms with E-state index in [0.717, 1.165) is 6.29 Å². The van der Waals surface area contributed by atoms with Gasteiger partial charge in [0.15, 0.2) is 6.29 Å². The number of aldehydes is 1. The van der Waals surface area contributed by atoms with Crippen LogP contribution in [-0.2, 0) is 4.79 Å². The molecule has 0 amide bonds. The topological polar surface area (TPSA) is 29.4 Å². The summed E-state index contributed by atoms with van der Waals surface area (Å²) < 4.78 is 0. The largest absolute Gasteiger partial charge is 0.297 e. The number of carbonyl (C=O) groups excluding carboxylic acids is 1. The van der Waals surface area contributed by atoms with Crippen molar-refractivity contribution < 1.29 is 4.79 Å². The van der Waals surface area contributed by atoms with E-state index in [2.05, 4.69) is 4.99 Å². The fourth-order valence-electron chi connectivity index (χ4n) is 0.822. The van der Waals surface area contributed by atoms with E-state index in [1.165, 1.54) is 0 Å². The normalized spacial score (nSPS) is 25.4. The van der Waals surface area contributed by atoms with E-state index in [4.69, 9.17) is 0 Å². The fourth-order valence-corrected chi connectivity index (χ4v) is 0.822. The molecular formula is C7H9NO. The highest BCUT2D eigenvalue weighted by Crippen LogP contribution is 2.02. The summed E-state index contributed by atoms with van der Waals surface area (Å²) in [5, 5.41) is 0. The molecule has 0 spiro atoms. The van der Waals surface area contributed by atoms with Crippen LogP contribution in [-0.4, -0.2) is 18.0 Å². The van der Waals surface area contributed by atoms with E-state index in [0.29, 0.717) is 12.1 Å². The van der Waals surface area contributed by atoms with Gasteiger partial charge in [0.2, 0.25) is 0 Å². The van der Waals surface area contributed by atoms with E-state index in [1.807, 2.05) is 19.1 Å². The van der Waals surface area contributed by atoms with Crippen molar-refractivity contribution in [2.24, 2.45) is 4.99 Å². The molecule has 1 aliphatic rings. The van der Waals surface area contributed by atoms with Gasteiger partial charge in [-0.2, -0.15) is 0 Å². The predicted molar refractivity (Wildman–Crippen MR) is 36.7 cm³/mol. The van der Waals surface area contributed by atoms with Crippen molar-refractivity contribution in [1.82, 2.24) is 0 Å². The lowest BCUT2D eigenvalue weighted by atomic mass is 10.1. The highest BCUT2D eigenvalue weighted by Gasteiger charge is 2.02. The number of hydrogen-bond acceptors (Lipinski definition) is 2. The maximum absolute atomic E-state index is 10.1. The van der Waals surface area contributed by atoms with Crippen LogP contribution in [0.3, 0.4) is 0 Å². The Bertz CT molecular complexity index is 170. The van der Waals surface area contributed by atoms with Gasteiger partial charge >= 0.3 is 0 Å². The van der Waals surface area contributed by atoms with Crippen molar-refractivity contribution in [2.45, 2.75) is 19.4 Å². The average Bonchev–Trinajstić information content (AvgIpc) is 1.88. The van der Waals surface area contributed by atoms with Crippen LogP contribution in [0, 0.1) is 0 Å². The Morgan fingerprint density at radius 3 is 3.11 bits per heavy atom. The zero-order chi connectivity index (χ0) is 6.69. The van der Waals surface area contributed by atoms with Crippen LogP contribution >= 0.6 is 0 Å². The Hall–Kier alpha value is -0.920. The van der Waals surface area contributed by atoms with Gasteiger partial charge in [0.05, 0.1) is 11.8 Å². The lowest BCUT2D eigenvalue weighted by molar-refractivity contribution is -0.102. The molecule has 9 heavy (non-hydrogen) atoms. The number of dihydropyridines is 1. The smallest absolute Gasteiger partial charge is 0.164 e. The van der Waals surface area contributed by atoms with E-state index in [1.54, 1.807) is 0 Å². The van der Waals surface area contributed by atoms with Crippen molar-refractivity contribution >= 4 is 12.0 Å². The van der Waals surface area contributed by atoms with Crippen molar-refractivity contribution in [3.63, 3.8) is 0 Å². The Balaban J connectivity index is 2.65. The molecule has 0 saturated heterocycles. The van der Waals surface area contributed by atoms with Crippen LogP contribution in [0.4, 0.5) is 0 Å². The van der Waals surface area contributed by atoms with Gasteiger partial charge in [0, 0.05) is 6.42 Å². The third kappa shape index (κ3) is 1.49. The van der Waals surface area contributed by atoms with E-state index in [-0.39, 0.29) is 6.04 Å². The quantitative estimate of drug-likeness (QED) is 0.377. The fraction of sp³-hybridized carbons (Fsp3) is 0.429. The molecule has 2 nitrogen and oxygen atoms in total. The van der Waals surface area contributed by atoms with Gasteiger partial charge in [-0.3, -0.25) is 9.79 Å². The summed E-state index contributed by atoms with van der Waals surface area (Å²) >= 11 is 0. The first-order valence-corrected chi connectivity index (χ1v) is 3.01. The number of hydrogen-bond donors (Lipinski definition) is 0. The van der Waals surface area contributed by atoms with E-state index in [9.17, 15) is 4.79 Å². The summed E-state index contributed by atoms with van der Waals surface area (Å²) in [7, 11) is 0. The van der Waals surface area contributed by atoms with Crippen molar-refractivity contribution in [2.75, 3.05) is 0 Å². The van der Waals surface area contributed by atoms with Gasteiger partial charge < -0.3 is 0 Å². The second-order valence-corrected chi connectivity index (χ2v) is 2.11. The minimum atomic E-state index is 0.193. The summed E-state index contributed by atoms with van der Waals surface area (Å²) in [5.74, 6) is 0. The molecule has 1 heterocycles. The van der Waals surface area contributed by atoms with Crippen LogP contribution in [0.1, 0.15) is 13.3 Å². The SMILES string of the molecule is CC1C=CCC(C=O)=N1. The third-order valence-electron chi connectivity index (χ3n) is 1.25. The van der Waals surface area contributed by atoms with Crippen LogP contribution < -0.4 is 0 Å². The Morgan fingerprint density at radius 1 is 1.89 bits per heavy atom. The lowest BCUT2D eigenvalue weighted by Crippen LogP contribution is -2.08. The molecule has 0 bridgehead atoms.